The van der Waals surface area contributed by atoms with E-state index in [0.29, 0.717) is 0 Å². The molecule has 0 radical (unpaired) electrons. The first kappa shape index (κ1) is 12.6. The molecule has 1 atom stereocenters. The second kappa shape index (κ2) is 6.16. The molecule has 1 unspecified atom stereocenters. The standard InChI is InChI=1S/C13H24O2/c1-4-13(8-6-10-15-13)7-5-9-14-11-12(2)3/h11H,4-10H2,1-3H3. The van der Waals surface area contributed by atoms with Crippen molar-refractivity contribution in [2.75, 3.05) is 13.2 Å². The van der Waals surface area contributed by atoms with Gasteiger partial charge in [-0.3, -0.25) is 0 Å². The van der Waals surface area contributed by atoms with Crippen molar-refractivity contribution in [2.45, 2.75) is 58.5 Å². The molecule has 0 aliphatic carbocycles. The maximum absolute atomic E-state index is 5.85. The van der Waals surface area contributed by atoms with Crippen LogP contribution in [0.5, 0.6) is 0 Å². The van der Waals surface area contributed by atoms with Crippen LogP contribution in [-0.2, 0) is 9.47 Å². The summed E-state index contributed by atoms with van der Waals surface area (Å²) in [6.07, 6.45) is 7.66. The summed E-state index contributed by atoms with van der Waals surface area (Å²) < 4.78 is 11.3. The quantitative estimate of drug-likeness (QED) is 0.494. The molecule has 1 aliphatic heterocycles. The van der Waals surface area contributed by atoms with Gasteiger partial charge < -0.3 is 9.47 Å². The van der Waals surface area contributed by atoms with Crippen LogP contribution < -0.4 is 0 Å². The average molecular weight is 212 g/mol. The van der Waals surface area contributed by atoms with E-state index in [1.54, 1.807) is 0 Å². The zero-order chi connectivity index (χ0) is 11.1. The molecule has 1 aliphatic rings. The topological polar surface area (TPSA) is 18.5 Å². The predicted octanol–water partition coefficient (Wildman–Crippen LogP) is 3.67. The number of allylic oxidation sites excluding steroid dienone is 1. The largest absolute Gasteiger partial charge is 0.501 e. The van der Waals surface area contributed by atoms with Crippen molar-refractivity contribution in [3.8, 4) is 0 Å². The highest BCUT2D eigenvalue weighted by molar-refractivity contribution is 4.87. The van der Waals surface area contributed by atoms with Gasteiger partial charge in [0.15, 0.2) is 0 Å². The molecule has 2 nitrogen and oxygen atoms in total. The second-order valence-corrected chi connectivity index (χ2v) is 4.66. The fourth-order valence-electron chi connectivity index (χ4n) is 2.11. The Bertz CT molecular complexity index is 199. The first-order valence-electron chi connectivity index (χ1n) is 6.07. The summed E-state index contributed by atoms with van der Waals surface area (Å²) in [4.78, 5) is 0. The van der Waals surface area contributed by atoms with Gasteiger partial charge in [-0.1, -0.05) is 6.92 Å². The first-order chi connectivity index (χ1) is 7.18. The fraction of sp³-hybridized carbons (Fsp3) is 0.846. The lowest BCUT2D eigenvalue weighted by Crippen LogP contribution is -2.26. The predicted molar refractivity (Wildman–Crippen MR) is 62.8 cm³/mol. The minimum absolute atomic E-state index is 0.175. The van der Waals surface area contributed by atoms with Crippen molar-refractivity contribution >= 4 is 0 Å². The summed E-state index contributed by atoms with van der Waals surface area (Å²) in [6, 6.07) is 0. The van der Waals surface area contributed by atoms with Gasteiger partial charge in [-0.05, 0) is 51.5 Å². The summed E-state index contributed by atoms with van der Waals surface area (Å²) in [7, 11) is 0. The molecule has 0 aromatic rings. The molecule has 1 heterocycles. The highest BCUT2D eigenvalue weighted by Gasteiger charge is 2.32. The SMILES string of the molecule is CCC1(CCCOC=C(C)C)CCCO1. The lowest BCUT2D eigenvalue weighted by Gasteiger charge is -2.26. The maximum atomic E-state index is 5.85. The van der Waals surface area contributed by atoms with Crippen molar-refractivity contribution < 1.29 is 9.47 Å². The molecule has 1 fully saturated rings. The molecule has 1 saturated heterocycles. The summed E-state index contributed by atoms with van der Waals surface area (Å²) >= 11 is 0. The van der Waals surface area contributed by atoms with Crippen LogP contribution in [0.2, 0.25) is 0 Å². The van der Waals surface area contributed by atoms with Gasteiger partial charge in [0, 0.05) is 6.61 Å². The first-order valence-corrected chi connectivity index (χ1v) is 6.07. The number of rotatable bonds is 6. The molecule has 0 spiro atoms. The molecule has 0 amide bonds. The summed E-state index contributed by atoms with van der Waals surface area (Å²) in [5, 5.41) is 0. The molecule has 0 aromatic carbocycles. The third-order valence-corrected chi connectivity index (χ3v) is 3.04. The van der Waals surface area contributed by atoms with E-state index < -0.39 is 0 Å². The van der Waals surface area contributed by atoms with Gasteiger partial charge in [-0.2, -0.15) is 0 Å². The summed E-state index contributed by atoms with van der Waals surface area (Å²) in [5.74, 6) is 0. The Morgan fingerprint density at radius 1 is 1.47 bits per heavy atom. The van der Waals surface area contributed by atoms with Gasteiger partial charge in [-0.25, -0.2) is 0 Å². The van der Waals surface area contributed by atoms with Crippen molar-refractivity contribution in [3.05, 3.63) is 11.8 Å². The molecule has 0 saturated carbocycles. The number of ether oxygens (including phenoxy) is 2. The molecule has 1 rings (SSSR count). The Morgan fingerprint density at radius 2 is 2.27 bits per heavy atom. The third-order valence-electron chi connectivity index (χ3n) is 3.04. The van der Waals surface area contributed by atoms with E-state index in [1.807, 2.05) is 20.1 Å². The van der Waals surface area contributed by atoms with E-state index in [-0.39, 0.29) is 5.60 Å². The smallest absolute Gasteiger partial charge is 0.0874 e. The molecule has 0 bridgehead atoms. The van der Waals surface area contributed by atoms with Crippen LogP contribution in [0.3, 0.4) is 0 Å². The number of hydrogen-bond donors (Lipinski definition) is 0. The van der Waals surface area contributed by atoms with Gasteiger partial charge in [0.1, 0.15) is 0 Å². The minimum atomic E-state index is 0.175. The Kier molecular flexibility index (Phi) is 5.16. The van der Waals surface area contributed by atoms with Crippen LogP contribution in [0.1, 0.15) is 52.9 Å². The molecule has 15 heavy (non-hydrogen) atoms. The van der Waals surface area contributed by atoms with Crippen LogP contribution in [0.4, 0.5) is 0 Å². The molecular weight excluding hydrogens is 188 g/mol. The van der Waals surface area contributed by atoms with Crippen LogP contribution >= 0.6 is 0 Å². The summed E-state index contributed by atoms with van der Waals surface area (Å²) in [6.45, 7) is 8.09. The Labute approximate surface area is 93.7 Å². The van der Waals surface area contributed by atoms with E-state index in [0.717, 1.165) is 32.5 Å². The fourth-order valence-corrected chi connectivity index (χ4v) is 2.11. The molecule has 0 aromatic heterocycles. The van der Waals surface area contributed by atoms with Gasteiger partial charge in [-0.15, -0.1) is 0 Å². The van der Waals surface area contributed by atoms with Crippen molar-refractivity contribution in [1.82, 2.24) is 0 Å². The molecular formula is C13H24O2. The monoisotopic (exact) mass is 212 g/mol. The van der Waals surface area contributed by atoms with Gasteiger partial charge in [0.25, 0.3) is 0 Å². The van der Waals surface area contributed by atoms with Crippen molar-refractivity contribution in [2.24, 2.45) is 0 Å². The Hall–Kier alpha value is -0.500. The van der Waals surface area contributed by atoms with Gasteiger partial charge in [0.2, 0.25) is 0 Å². The normalized spacial score (nSPS) is 25.3. The maximum Gasteiger partial charge on any atom is 0.0874 e. The van der Waals surface area contributed by atoms with E-state index in [1.165, 1.54) is 18.4 Å². The van der Waals surface area contributed by atoms with Gasteiger partial charge >= 0.3 is 0 Å². The van der Waals surface area contributed by atoms with E-state index >= 15 is 0 Å². The highest BCUT2D eigenvalue weighted by atomic mass is 16.5. The third kappa shape index (κ3) is 4.25. The Balaban J connectivity index is 2.15. The van der Waals surface area contributed by atoms with Crippen molar-refractivity contribution in [1.29, 1.82) is 0 Å². The lowest BCUT2D eigenvalue weighted by atomic mass is 9.92. The zero-order valence-electron chi connectivity index (χ0n) is 10.3. The van der Waals surface area contributed by atoms with Crippen LogP contribution in [0, 0.1) is 0 Å². The van der Waals surface area contributed by atoms with Crippen LogP contribution in [0.15, 0.2) is 11.8 Å². The second-order valence-electron chi connectivity index (χ2n) is 4.66. The molecule has 2 heteroatoms. The van der Waals surface area contributed by atoms with E-state index in [9.17, 15) is 0 Å². The lowest BCUT2D eigenvalue weighted by molar-refractivity contribution is -0.0106. The average Bonchev–Trinajstić information content (AvgIpc) is 2.66. The van der Waals surface area contributed by atoms with Crippen molar-refractivity contribution in [3.63, 3.8) is 0 Å². The summed E-state index contributed by atoms with van der Waals surface area (Å²) in [5.41, 5.74) is 1.39. The molecule has 88 valence electrons. The van der Waals surface area contributed by atoms with E-state index in [4.69, 9.17) is 9.47 Å². The van der Waals surface area contributed by atoms with Crippen LogP contribution in [-0.4, -0.2) is 18.8 Å². The van der Waals surface area contributed by atoms with E-state index in [2.05, 4.69) is 6.92 Å². The van der Waals surface area contributed by atoms with Crippen LogP contribution in [0.25, 0.3) is 0 Å². The highest BCUT2D eigenvalue weighted by Crippen LogP contribution is 2.33. The minimum Gasteiger partial charge on any atom is -0.501 e. The Morgan fingerprint density at radius 3 is 2.80 bits per heavy atom. The zero-order valence-corrected chi connectivity index (χ0v) is 10.3. The van der Waals surface area contributed by atoms with Gasteiger partial charge in [0.05, 0.1) is 18.5 Å². The number of hydrogen-bond acceptors (Lipinski definition) is 2. The molecule has 0 N–H and O–H groups in total.